The van der Waals surface area contributed by atoms with E-state index in [9.17, 15) is 0 Å². The number of hydrogen-bond donors (Lipinski definition) is 0. The quantitative estimate of drug-likeness (QED) is 0.188. The van der Waals surface area contributed by atoms with Crippen LogP contribution in [0.5, 0.6) is 0 Å². The zero-order valence-electron chi connectivity index (χ0n) is 10.7. The largest absolute Gasteiger partial charge is 0.679 e. The molecule has 0 aromatic heterocycles. The zero-order valence-corrected chi connectivity index (χ0v) is 11.7. The minimum Gasteiger partial charge on any atom is -0.351 e. The first kappa shape index (κ1) is 16.4. The molecule has 0 amide bonds. The van der Waals surface area contributed by atoms with Crippen molar-refractivity contribution in [1.82, 2.24) is 0 Å². The van der Waals surface area contributed by atoms with Crippen molar-refractivity contribution < 1.29 is 17.7 Å². The van der Waals surface area contributed by atoms with Gasteiger partial charge >= 0.3 is 9.05 Å². The maximum Gasteiger partial charge on any atom is 0.679 e. The first-order chi connectivity index (χ1) is 8.24. The highest BCUT2D eigenvalue weighted by atomic mass is 28.4. The summed E-state index contributed by atoms with van der Waals surface area (Å²) in [7, 11) is -2.99. The number of azide groups is 1. The van der Waals surface area contributed by atoms with E-state index in [-0.39, 0.29) is 0 Å². The van der Waals surface area contributed by atoms with Crippen molar-refractivity contribution in [3.05, 3.63) is 10.4 Å². The summed E-state index contributed by atoms with van der Waals surface area (Å²) < 4.78 is 22.0. The van der Waals surface area contributed by atoms with Crippen molar-refractivity contribution in [3.8, 4) is 0 Å². The summed E-state index contributed by atoms with van der Waals surface area (Å²) in [4.78, 5) is 2.67. The van der Waals surface area contributed by atoms with E-state index in [2.05, 4.69) is 10.0 Å². The molecule has 7 nitrogen and oxygen atoms in total. The molecule has 0 aliphatic heterocycles. The van der Waals surface area contributed by atoms with Crippen molar-refractivity contribution in [3.63, 3.8) is 0 Å². The Hall–Kier alpha value is -0.633. The third kappa shape index (κ3) is 7.32. The van der Waals surface area contributed by atoms with Crippen LogP contribution in [0.2, 0.25) is 0 Å². The topological polar surface area (TPSA) is 85.7 Å². The average Bonchev–Trinajstić information content (AvgIpc) is 2.30. The fourth-order valence-corrected chi connectivity index (χ4v) is 3.11. The monoisotopic (exact) mass is 263 g/mol. The van der Waals surface area contributed by atoms with Crippen molar-refractivity contribution in [2.45, 2.75) is 27.2 Å². The zero-order chi connectivity index (χ0) is 13.0. The Bertz CT molecular complexity index is 219. The predicted molar refractivity (Wildman–Crippen MR) is 65.2 cm³/mol. The van der Waals surface area contributed by atoms with Crippen molar-refractivity contribution in [2.24, 2.45) is 5.11 Å². The van der Waals surface area contributed by atoms with E-state index in [4.69, 9.17) is 23.2 Å². The van der Waals surface area contributed by atoms with Crippen molar-refractivity contribution in [2.75, 3.05) is 33.0 Å². The Morgan fingerprint density at radius 3 is 1.94 bits per heavy atom. The lowest BCUT2D eigenvalue weighted by Gasteiger charge is -2.26. The van der Waals surface area contributed by atoms with E-state index in [0.717, 1.165) is 0 Å². The third-order valence-corrected chi connectivity index (χ3v) is 4.19. The van der Waals surface area contributed by atoms with Crippen LogP contribution in [0.4, 0.5) is 0 Å². The molecule has 0 unspecified atom stereocenters. The molecule has 0 saturated carbocycles. The molecule has 0 N–H and O–H groups in total. The van der Waals surface area contributed by atoms with Crippen LogP contribution in [0.15, 0.2) is 5.11 Å². The van der Waals surface area contributed by atoms with Gasteiger partial charge in [-0.25, -0.2) is 0 Å². The molecule has 0 saturated heterocycles. The summed E-state index contributed by atoms with van der Waals surface area (Å²) in [6, 6.07) is 0. The number of nitrogens with zero attached hydrogens (tertiary/aromatic N) is 3. The fraction of sp³-hybridized carbons (Fsp3) is 1.00. The van der Waals surface area contributed by atoms with Gasteiger partial charge in [-0.05, 0) is 32.7 Å². The molecule has 0 fully saturated rings. The smallest absolute Gasteiger partial charge is 0.351 e. The minimum absolute atomic E-state index is 0.394. The highest BCUT2D eigenvalue weighted by Gasteiger charge is 2.44. The molecule has 0 aromatic carbocycles. The molecule has 0 aliphatic carbocycles. The molecular formula is C9H21N3O4Si. The maximum absolute atomic E-state index is 8.13. The third-order valence-electron chi connectivity index (χ3n) is 1.71. The van der Waals surface area contributed by atoms with E-state index >= 15 is 0 Å². The lowest BCUT2D eigenvalue weighted by Crippen LogP contribution is -2.49. The Kier molecular flexibility index (Phi) is 10.1. The molecule has 0 spiro atoms. The molecule has 0 heterocycles. The summed E-state index contributed by atoms with van der Waals surface area (Å²) in [6.07, 6.45) is 0.617. The molecule has 100 valence electrons. The maximum atomic E-state index is 8.13. The highest BCUT2D eigenvalue weighted by molar-refractivity contribution is 6.53. The summed E-state index contributed by atoms with van der Waals surface area (Å²) in [5, 5.41) is 3.42. The first-order valence-corrected chi connectivity index (χ1v) is 7.44. The summed E-state index contributed by atoms with van der Waals surface area (Å²) in [5.41, 5.74) is 8.13. The SMILES string of the molecule is CCO[Si](OCC)(OCC)OCCCN=[N+]=[N-]. The van der Waals surface area contributed by atoms with E-state index in [1.54, 1.807) is 0 Å². The Morgan fingerprint density at radius 1 is 1.00 bits per heavy atom. The fourth-order valence-electron chi connectivity index (χ4n) is 1.16. The van der Waals surface area contributed by atoms with Crippen LogP contribution in [0, 0.1) is 0 Å². The van der Waals surface area contributed by atoms with Crippen LogP contribution >= 0.6 is 0 Å². The van der Waals surface area contributed by atoms with Crippen LogP contribution in [-0.4, -0.2) is 42.0 Å². The molecule has 0 atom stereocenters. The lowest BCUT2D eigenvalue weighted by molar-refractivity contribution is -0.0275. The standard InChI is InChI=1S/C9H21N3O4Si/c1-4-13-17(14-5-2,15-6-3)16-9-7-8-11-12-10/h4-9H2,1-3H3. The summed E-state index contributed by atoms with van der Waals surface area (Å²) in [5.74, 6) is 0. The predicted octanol–water partition coefficient (Wildman–Crippen LogP) is 2.25. The second kappa shape index (κ2) is 10.5. The molecule has 0 bridgehead atoms. The van der Waals surface area contributed by atoms with Gasteiger partial charge < -0.3 is 17.7 Å². The van der Waals surface area contributed by atoms with Gasteiger partial charge in [0.25, 0.3) is 0 Å². The van der Waals surface area contributed by atoms with E-state index < -0.39 is 9.05 Å². The van der Waals surface area contributed by atoms with Gasteiger partial charge in [-0.15, -0.1) is 0 Å². The molecule has 8 heteroatoms. The van der Waals surface area contributed by atoms with Crippen LogP contribution in [0.25, 0.3) is 10.4 Å². The van der Waals surface area contributed by atoms with E-state index in [1.165, 1.54) is 0 Å². The van der Waals surface area contributed by atoms with Crippen LogP contribution < -0.4 is 0 Å². The van der Waals surface area contributed by atoms with Gasteiger partial charge in [0.2, 0.25) is 0 Å². The van der Waals surface area contributed by atoms with E-state index in [0.29, 0.717) is 39.4 Å². The highest BCUT2D eigenvalue weighted by Crippen LogP contribution is 2.12. The van der Waals surface area contributed by atoms with Crippen LogP contribution in [0.3, 0.4) is 0 Å². The van der Waals surface area contributed by atoms with Gasteiger partial charge in [0.15, 0.2) is 0 Å². The van der Waals surface area contributed by atoms with E-state index in [1.807, 2.05) is 20.8 Å². The van der Waals surface area contributed by atoms with Crippen molar-refractivity contribution in [1.29, 1.82) is 0 Å². The van der Waals surface area contributed by atoms with Gasteiger partial charge in [-0.2, -0.15) is 0 Å². The Balaban J connectivity index is 4.17. The van der Waals surface area contributed by atoms with Gasteiger partial charge in [0.05, 0.1) is 0 Å². The summed E-state index contributed by atoms with van der Waals surface area (Å²) >= 11 is 0. The first-order valence-electron chi connectivity index (χ1n) is 5.81. The molecule has 0 aliphatic rings. The molecule has 0 rings (SSSR count). The second-order valence-electron chi connectivity index (χ2n) is 2.96. The van der Waals surface area contributed by atoms with Crippen molar-refractivity contribution >= 4 is 9.05 Å². The Morgan fingerprint density at radius 2 is 1.53 bits per heavy atom. The van der Waals surface area contributed by atoms with Crippen LogP contribution in [0.1, 0.15) is 27.2 Å². The van der Waals surface area contributed by atoms with Gasteiger partial charge in [0, 0.05) is 37.9 Å². The number of rotatable bonds is 11. The summed E-state index contributed by atoms with van der Waals surface area (Å²) in [6.45, 7) is 7.81. The van der Waals surface area contributed by atoms with Gasteiger partial charge in [-0.3, -0.25) is 0 Å². The van der Waals surface area contributed by atoms with Crippen LogP contribution in [-0.2, 0) is 17.7 Å². The molecule has 17 heavy (non-hydrogen) atoms. The lowest BCUT2D eigenvalue weighted by atomic mass is 10.5. The Labute approximate surface area is 103 Å². The normalized spacial score (nSPS) is 11.2. The van der Waals surface area contributed by atoms with Gasteiger partial charge in [0.1, 0.15) is 0 Å². The molecular weight excluding hydrogens is 242 g/mol. The molecule has 0 aromatic rings. The molecule has 0 radical (unpaired) electrons. The number of hydrogen-bond acceptors (Lipinski definition) is 5. The van der Waals surface area contributed by atoms with Gasteiger partial charge in [-0.1, -0.05) is 5.11 Å². The second-order valence-corrected chi connectivity index (χ2v) is 5.11. The average molecular weight is 263 g/mol. The minimum atomic E-state index is -2.99.